The van der Waals surface area contributed by atoms with Gasteiger partial charge in [0, 0.05) is 24.2 Å². The van der Waals surface area contributed by atoms with Crippen molar-refractivity contribution in [3.8, 4) is 0 Å². The molecule has 0 radical (unpaired) electrons. The van der Waals surface area contributed by atoms with E-state index < -0.39 is 0 Å². The minimum absolute atomic E-state index is 0.0101. The van der Waals surface area contributed by atoms with Gasteiger partial charge in [-0.1, -0.05) is 0 Å². The first-order valence-electron chi connectivity index (χ1n) is 5.41. The Balaban J connectivity index is 1.78. The molecule has 2 heterocycles. The number of rotatable bonds is 3. The van der Waals surface area contributed by atoms with Crippen molar-refractivity contribution in [2.45, 2.75) is 18.9 Å². The van der Waals surface area contributed by atoms with Crippen molar-refractivity contribution in [1.82, 2.24) is 9.88 Å². The van der Waals surface area contributed by atoms with E-state index in [2.05, 4.69) is 15.2 Å². The van der Waals surface area contributed by atoms with Crippen LogP contribution >= 0.6 is 11.3 Å². The minimum atomic E-state index is -0.0101. The molecule has 16 heavy (non-hydrogen) atoms. The Morgan fingerprint density at radius 1 is 1.75 bits per heavy atom. The molecule has 1 atom stereocenters. The Labute approximate surface area is 98.7 Å². The van der Waals surface area contributed by atoms with Crippen LogP contribution in [-0.2, 0) is 4.79 Å². The Hall–Kier alpha value is -0.980. The first-order valence-corrected chi connectivity index (χ1v) is 6.29. The Morgan fingerprint density at radius 2 is 2.62 bits per heavy atom. The average molecular weight is 240 g/mol. The van der Waals surface area contributed by atoms with Crippen LogP contribution in [-0.4, -0.2) is 41.5 Å². The zero-order chi connectivity index (χ0) is 11.4. The highest BCUT2D eigenvalue weighted by molar-refractivity contribution is 7.13. The van der Waals surface area contributed by atoms with Gasteiger partial charge in [-0.05, 0) is 19.4 Å². The van der Waals surface area contributed by atoms with Crippen molar-refractivity contribution < 1.29 is 4.79 Å². The van der Waals surface area contributed by atoms with E-state index in [-0.39, 0.29) is 11.9 Å². The summed E-state index contributed by atoms with van der Waals surface area (Å²) in [7, 11) is 0. The molecule has 5 nitrogen and oxygen atoms in total. The van der Waals surface area contributed by atoms with Gasteiger partial charge in [0.1, 0.15) is 0 Å². The fraction of sp³-hybridized carbons (Fsp3) is 0.600. The topological polar surface area (TPSA) is 71.2 Å². The van der Waals surface area contributed by atoms with Gasteiger partial charge in [0.2, 0.25) is 5.91 Å². The molecule has 1 aliphatic rings. The van der Waals surface area contributed by atoms with Crippen LogP contribution < -0.4 is 11.1 Å². The smallest absolute Gasteiger partial charge is 0.240 e. The molecule has 1 amide bonds. The molecule has 1 aliphatic heterocycles. The fourth-order valence-corrected chi connectivity index (χ4v) is 2.43. The summed E-state index contributed by atoms with van der Waals surface area (Å²) in [6.07, 6.45) is 3.81. The van der Waals surface area contributed by atoms with Crippen LogP contribution in [0.1, 0.15) is 12.8 Å². The van der Waals surface area contributed by atoms with Gasteiger partial charge < -0.3 is 11.1 Å². The maximum atomic E-state index is 11.7. The predicted octanol–water partition coefficient (Wildman–Crippen LogP) is 0.505. The van der Waals surface area contributed by atoms with E-state index in [9.17, 15) is 4.79 Å². The molecule has 1 saturated heterocycles. The lowest BCUT2D eigenvalue weighted by atomic mass is 10.1. The third kappa shape index (κ3) is 3.26. The minimum Gasteiger partial charge on any atom is -0.327 e. The van der Waals surface area contributed by atoms with Crippen LogP contribution in [0, 0.1) is 0 Å². The summed E-state index contributed by atoms with van der Waals surface area (Å²) >= 11 is 1.43. The zero-order valence-electron chi connectivity index (χ0n) is 9.06. The molecule has 0 bridgehead atoms. The van der Waals surface area contributed by atoms with Gasteiger partial charge in [0.15, 0.2) is 5.13 Å². The summed E-state index contributed by atoms with van der Waals surface area (Å²) in [6, 6.07) is 0.210. The van der Waals surface area contributed by atoms with Crippen LogP contribution in [0.4, 0.5) is 5.13 Å². The van der Waals surface area contributed by atoms with Crippen molar-refractivity contribution in [2.24, 2.45) is 5.73 Å². The van der Waals surface area contributed by atoms with Gasteiger partial charge in [0.25, 0.3) is 0 Å². The Morgan fingerprint density at radius 3 is 3.31 bits per heavy atom. The lowest BCUT2D eigenvalue weighted by Crippen LogP contribution is -2.45. The lowest BCUT2D eigenvalue weighted by Gasteiger charge is -2.29. The number of carbonyl (C=O) groups is 1. The average Bonchev–Trinajstić information content (AvgIpc) is 2.70. The van der Waals surface area contributed by atoms with Gasteiger partial charge in [-0.3, -0.25) is 9.69 Å². The van der Waals surface area contributed by atoms with E-state index in [1.807, 2.05) is 5.38 Å². The molecule has 88 valence electrons. The van der Waals surface area contributed by atoms with E-state index in [0.717, 1.165) is 25.9 Å². The molecule has 6 heteroatoms. The number of hydrogen-bond donors (Lipinski definition) is 2. The molecular weight excluding hydrogens is 224 g/mol. The number of anilines is 1. The van der Waals surface area contributed by atoms with Gasteiger partial charge in [-0.15, -0.1) is 11.3 Å². The fourth-order valence-electron chi connectivity index (χ4n) is 1.88. The quantitative estimate of drug-likeness (QED) is 0.807. The Kier molecular flexibility index (Phi) is 3.87. The van der Waals surface area contributed by atoms with E-state index in [1.165, 1.54) is 11.3 Å². The number of hydrogen-bond acceptors (Lipinski definition) is 5. The third-order valence-electron chi connectivity index (χ3n) is 2.59. The summed E-state index contributed by atoms with van der Waals surface area (Å²) in [4.78, 5) is 17.8. The second kappa shape index (κ2) is 5.38. The molecule has 1 aromatic heterocycles. The number of nitrogens with one attached hydrogen (secondary N) is 1. The Bertz CT molecular complexity index is 341. The molecule has 1 unspecified atom stereocenters. The van der Waals surface area contributed by atoms with E-state index in [0.29, 0.717) is 11.7 Å². The van der Waals surface area contributed by atoms with Gasteiger partial charge in [-0.25, -0.2) is 4.98 Å². The van der Waals surface area contributed by atoms with Crippen LogP contribution in [0.5, 0.6) is 0 Å². The number of aromatic nitrogens is 1. The summed E-state index contributed by atoms with van der Waals surface area (Å²) < 4.78 is 0. The van der Waals surface area contributed by atoms with Crippen molar-refractivity contribution >= 4 is 22.4 Å². The highest BCUT2D eigenvalue weighted by Gasteiger charge is 2.18. The second-order valence-electron chi connectivity index (χ2n) is 4.02. The summed E-state index contributed by atoms with van der Waals surface area (Å²) in [5.74, 6) is -0.0101. The highest BCUT2D eigenvalue weighted by atomic mass is 32.1. The molecule has 0 aromatic carbocycles. The van der Waals surface area contributed by atoms with Crippen molar-refractivity contribution in [1.29, 1.82) is 0 Å². The largest absolute Gasteiger partial charge is 0.327 e. The molecule has 1 fully saturated rings. The first-order chi connectivity index (χ1) is 7.74. The van der Waals surface area contributed by atoms with Crippen molar-refractivity contribution in [2.75, 3.05) is 25.0 Å². The lowest BCUT2D eigenvalue weighted by molar-refractivity contribution is -0.117. The molecule has 2 rings (SSSR count). The predicted molar refractivity (Wildman–Crippen MR) is 64.4 cm³/mol. The number of carbonyl (C=O) groups excluding carboxylic acids is 1. The van der Waals surface area contributed by atoms with Crippen molar-refractivity contribution in [3.05, 3.63) is 11.6 Å². The number of amides is 1. The normalized spacial score (nSPS) is 21.9. The molecule has 1 aromatic rings. The molecule has 0 aliphatic carbocycles. The summed E-state index contributed by atoms with van der Waals surface area (Å²) in [5, 5.41) is 5.27. The molecule has 0 saturated carbocycles. The SMILES string of the molecule is NC1CCCN(CC(=O)Nc2nccs2)C1. The molecular formula is C10H16N4OS. The van der Waals surface area contributed by atoms with E-state index >= 15 is 0 Å². The number of nitrogens with two attached hydrogens (primary N) is 1. The zero-order valence-corrected chi connectivity index (χ0v) is 9.87. The van der Waals surface area contributed by atoms with Crippen LogP contribution in [0.25, 0.3) is 0 Å². The van der Waals surface area contributed by atoms with E-state index in [4.69, 9.17) is 5.73 Å². The standard InChI is InChI=1S/C10H16N4OS/c11-8-2-1-4-14(6-8)7-9(15)13-10-12-3-5-16-10/h3,5,8H,1-2,4,6-7,11H2,(H,12,13,15). The number of piperidine rings is 1. The molecule has 3 N–H and O–H groups in total. The van der Waals surface area contributed by atoms with Crippen LogP contribution in [0.15, 0.2) is 11.6 Å². The maximum absolute atomic E-state index is 11.7. The first kappa shape index (κ1) is 11.5. The van der Waals surface area contributed by atoms with Crippen LogP contribution in [0.2, 0.25) is 0 Å². The summed E-state index contributed by atoms with van der Waals surface area (Å²) in [5.41, 5.74) is 5.85. The summed E-state index contributed by atoms with van der Waals surface area (Å²) in [6.45, 7) is 2.18. The van der Waals surface area contributed by atoms with Crippen molar-refractivity contribution in [3.63, 3.8) is 0 Å². The van der Waals surface area contributed by atoms with Gasteiger partial charge in [-0.2, -0.15) is 0 Å². The monoisotopic (exact) mass is 240 g/mol. The highest BCUT2D eigenvalue weighted by Crippen LogP contribution is 2.11. The number of nitrogens with zero attached hydrogens (tertiary/aromatic N) is 2. The number of likely N-dealkylation sites (tertiary alicyclic amines) is 1. The second-order valence-corrected chi connectivity index (χ2v) is 4.92. The van der Waals surface area contributed by atoms with Gasteiger partial charge in [0.05, 0.1) is 6.54 Å². The van der Waals surface area contributed by atoms with Gasteiger partial charge >= 0.3 is 0 Å². The molecule has 0 spiro atoms. The number of thiazole rings is 1. The third-order valence-corrected chi connectivity index (χ3v) is 3.28. The maximum Gasteiger partial charge on any atom is 0.240 e. The van der Waals surface area contributed by atoms with Crippen LogP contribution in [0.3, 0.4) is 0 Å². The van der Waals surface area contributed by atoms with E-state index in [1.54, 1.807) is 6.20 Å².